The van der Waals surface area contributed by atoms with Gasteiger partial charge in [-0.25, -0.2) is 0 Å². The highest BCUT2D eigenvalue weighted by atomic mass is 16.3. The lowest BCUT2D eigenvalue weighted by molar-refractivity contribution is 0.631. The number of hydrogen-bond acceptors (Lipinski definition) is 3. The summed E-state index contributed by atoms with van der Waals surface area (Å²) in [5, 5.41) is 10.2. The van der Waals surface area contributed by atoms with Crippen LogP contribution in [-0.2, 0) is 0 Å². The van der Waals surface area contributed by atoms with E-state index < -0.39 is 0 Å². The second-order valence-electron chi connectivity index (χ2n) is 12.8. The molecule has 0 atom stereocenters. The maximum absolute atomic E-state index is 6.57. The Kier molecular flexibility index (Phi) is 5.38. The first kappa shape index (κ1) is 26.5. The molecule has 8 aromatic carbocycles. The van der Waals surface area contributed by atoms with Crippen LogP contribution >= 0.6 is 0 Å². The Bertz CT molecular complexity index is 3040. The van der Waals surface area contributed by atoms with Gasteiger partial charge in [-0.1, -0.05) is 109 Å². The third kappa shape index (κ3) is 3.90. The smallest absolute Gasteiger partial charge is 0.136 e. The van der Waals surface area contributed by atoms with Crippen molar-refractivity contribution in [2.45, 2.75) is 0 Å². The second-order valence-corrected chi connectivity index (χ2v) is 12.8. The summed E-state index contributed by atoms with van der Waals surface area (Å²) >= 11 is 0. The molecule has 3 heteroatoms. The van der Waals surface area contributed by atoms with Crippen molar-refractivity contribution in [3.8, 4) is 33.6 Å². The standard InChI is InChI=1S/C46H26O3/c1-2-10-27(11-3-1)40-24-30-25-44-38(26-41(30)48-40)33-21-19-29(23-43(33)49-44)46-36-15-6-4-13-34(36)45(35-14-5-7-16-37(35)46)28-18-20-32-31-12-8-9-17-39(31)47-42(32)22-28/h1-26H. The van der Waals surface area contributed by atoms with Crippen LogP contribution in [0.5, 0.6) is 0 Å². The van der Waals surface area contributed by atoms with E-state index in [-0.39, 0.29) is 0 Å². The number of para-hydroxylation sites is 1. The van der Waals surface area contributed by atoms with E-state index in [0.29, 0.717) is 0 Å². The van der Waals surface area contributed by atoms with Gasteiger partial charge in [0.25, 0.3) is 0 Å². The SMILES string of the molecule is c1ccc(-c2cc3cc4oc5cc(-c6c7ccccc7c(-c7ccc8c(c7)oc7ccccc78)c7ccccc67)ccc5c4cc3o2)cc1. The van der Waals surface area contributed by atoms with Crippen molar-refractivity contribution >= 4 is 76.4 Å². The average molecular weight is 627 g/mol. The minimum Gasteiger partial charge on any atom is -0.456 e. The molecule has 0 aliphatic rings. The lowest BCUT2D eigenvalue weighted by atomic mass is 9.85. The van der Waals surface area contributed by atoms with Gasteiger partial charge in [0.2, 0.25) is 0 Å². The first-order valence-electron chi connectivity index (χ1n) is 16.6. The van der Waals surface area contributed by atoms with Crippen molar-refractivity contribution in [2.75, 3.05) is 0 Å². The molecule has 3 heterocycles. The van der Waals surface area contributed by atoms with E-state index in [4.69, 9.17) is 13.3 Å². The van der Waals surface area contributed by atoms with Crippen molar-refractivity contribution in [3.05, 3.63) is 158 Å². The fourth-order valence-corrected chi connectivity index (χ4v) is 7.84. The minimum atomic E-state index is 0.853. The molecule has 0 aliphatic carbocycles. The highest BCUT2D eigenvalue weighted by Gasteiger charge is 2.19. The van der Waals surface area contributed by atoms with E-state index >= 15 is 0 Å². The lowest BCUT2D eigenvalue weighted by Crippen LogP contribution is -1.90. The monoisotopic (exact) mass is 626 g/mol. The molecule has 49 heavy (non-hydrogen) atoms. The lowest BCUT2D eigenvalue weighted by Gasteiger charge is -2.17. The van der Waals surface area contributed by atoms with Crippen LogP contribution in [0.15, 0.2) is 171 Å². The zero-order valence-electron chi connectivity index (χ0n) is 26.2. The number of rotatable bonds is 3. The van der Waals surface area contributed by atoms with Gasteiger partial charge in [0.1, 0.15) is 33.7 Å². The molecule has 0 fully saturated rings. The van der Waals surface area contributed by atoms with Gasteiger partial charge in [0.05, 0.1) is 0 Å². The Morgan fingerprint density at radius 1 is 0.265 bits per heavy atom. The molecular formula is C46H26O3. The van der Waals surface area contributed by atoms with Crippen LogP contribution in [-0.4, -0.2) is 0 Å². The maximum atomic E-state index is 6.57. The molecule has 11 aromatic rings. The summed E-state index contributed by atoms with van der Waals surface area (Å²) in [6.45, 7) is 0. The van der Waals surface area contributed by atoms with Gasteiger partial charge in [0.15, 0.2) is 0 Å². The first-order valence-corrected chi connectivity index (χ1v) is 16.6. The highest BCUT2D eigenvalue weighted by molar-refractivity contribution is 6.22. The molecule has 0 amide bonds. The molecule has 0 saturated carbocycles. The van der Waals surface area contributed by atoms with Crippen LogP contribution in [0.25, 0.3) is 110 Å². The Morgan fingerprint density at radius 2 is 0.755 bits per heavy atom. The second kappa shape index (κ2) is 9.96. The van der Waals surface area contributed by atoms with Crippen molar-refractivity contribution in [3.63, 3.8) is 0 Å². The number of furan rings is 3. The van der Waals surface area contributed by atoms with Crippen LogP contribution in [0.2, 0.25) is 0 Å². The van der Waals surface area contributed by atoms with E-state index in [2.05, 4.69) is 127 Å². The van der Waals surface area contributed by atoms with Gasteiger partial charge in [-0.05, 0) is 92.3 Å². The predicted octanol–water partition coefficient (Wildman–Crippen LogP) is 13.5. The fraction of sp³-hybridized carbons (Fsp3) is 0. The van der Waals surface area contributed by atoms with Gasteiger partial charge in [0, 0.05) is 32.5 Å². The minimum absolute atomic E-state index is 0.853. The molecule has 11 rings (SSSR count). The van der Waals surface area contributed by atoms with E-state index in [1.165, 1.54) is 32.7 Å². The molecule has 228 valence electrons. The molecule has 0 N–H and O–H groups in total. The van der Waals surface area contributed by atoms with Crippen molar-refractivity contribution < 1.29 is 13.3 Å². The van der Waals surface area contributed by atoms with Crippen molar-refractivity contribution in [1.29, 1.82) is 0 Å². The average Bonchev–Trinajstić information content (AvgIpc) is 3.85. The predicted molar refractivity (Wildman–Crippen MR) is 202 cm³/mol. The van der Waals surface area contributed by atoms with Gasteiger partial charge in [-0.2, -0.15) is 0 Å². The Morgan fingerprint density at radius 3 is 1.39 bits per heavy atom. The highest BCUT2D eigenvalue weighted by Crippen LogP contribution is 2.46. The normalized spacial score (nSPS) is 12.1. The maximum Gasteiger partial charge on any atom is 0.136 e. The third-order valence-electron chi connectivity index (χ3n) is 10.1. The fourth-order valence-electron chi connectivity index (χ4n) is 7.84. The number of benzene rings is 8. The number of hydrogen-bond donors (Lipinski definition) is 0. The molecule has 3 aromatic heterocycles. The number of fused-ring (bicyclic) bond motifs is 9. The third-order valence-corrected chi connectivity index (χ3v) is 10.1. The molecular weight excluding hydrogens is 601 g/mol. The van der Waals surface area contributed by atoms with Crippen LogP contribution in [0.4, 0.5) is 0 Å². The van der Waals surface area contributed by atoms with E-state index in [1.807, 2.05) is 30.3 Å². The Hall–Kier alpha value is -6.58. The Labute approximate surface area is 280 Å². The molecule has 0 unspecified atom stereocenters. The molecule has 0 spiro atoms. The summed E-state index contributed by atoms with van der Waals surface area (Å²) in [6.07, 6.45) is 0. The van der Waals surface area contributed by atoms with Gasteiger partial charge >= 0.3 is 0 Å². The van der Waals surface area contributed by atoms with Crippen LogP contribution in [0, 0.1) is 0 Å². The van der Waals surface area contributed by atoms with Crippen LogP contribution in [0.3, 0.4) is 0 Å². The largest absolute Gasteiger partial charge is 0.456 e. The molecule has 3 nitrogen and oxygen atoms in total. The van der Waals surface area contributed by atoms with Gasteiger partial charge in [-0.15, -0.1) is 0 Å². The van der Waals surface area contributed by atoms with E-state index in [0.717, 1.165) is 77.3 Å². The summed E-state index contributed by atoms with van der Waals surface area (Å²) in [5.41, 5.74) is 10.1. The van der Waals surface area contributed by atoms with E-state index in [1.54, 1.807) is 0 Å². The summed E-state index contributed by atoms with van der Waals surface area (Å²) in [7, 11) is 0. The van der Waals surface area contributed by atoms with E-state index in [9.17, 15) is 0 Å². The quantitative estimate of drug-likeness (QED) is 0.183. The summed E-state index contributed by atoms with van der Waals surface area (Å²) in [6, 6.07) is 55.5. The molecule has 0 radical (unpaired) electrons. The summed E-state index contributed by atoms with van der Waals surface area (Å²) in [4.78, 5) is 0. The molecule has 0 bridgehead atoms. The molecule has 0 saturated heterocycles. The Balaban J connectivity index is 1.11. The van der Waals surface area contributed by atoms with Crippen LogP contribution in [0.1, 0.15) is 0 Å². The van der Waals surface area contributed by atoms with Gasteiger partial charge in [-0.3, -0.25) is 0 Å². The topological polar surface area (TPSA) is 39.4 Å². The zero-order valence-corrected chi connectivity index (χ0v) is 26.2. The molecule has 0 aliphatic heterocycles. The van der Waals surface area contributed by atoms with Crippen molar-refractivity contribution in [1.82, 2.24) is 0 Å². The summed E-state index contributed by atoms with van der Waals surface area (Å²) in [5.74, 6) is 0.856. The zero-order chi connectivity index (χ0) is 32.1. The van der Waals surface area contributed by atoms with Crippen LogP contribution < -0.4 is 0 Å². The first-order chi connectivity index (χ1) is 24.3. The van der Waals surface area contributed by atoms with Gasteiger partial charge < -0.3 is 13.3 Å². The summed E-state index contributed by atoms with van der Waals surface area (Å²) < 4.78 is 19.2. The van der Waals surface area contributed by atoms with Crippen molar-refractivity contribution in [2.24, 2.45) is 0 Å².